The van der Waals surface area contributed by atoms with E-state index in [1.54, 1.807) is 39.8 Å². The first-order chi connectivity index (χ1) is 12.7. The standard InChI is InChI=1S/C19H24ClN3O3S/c1-19(2,3)21-17(25)15-10-27-11-23(15)18(26)12-7-16(24)22(9-12)14-6-4-5-13(20)8-14/h4-6,8,12,15H,7,9-11H2,1-3H3,(H,21,25). The minimum atomic E-state index is -0.489. The second-order valence-corrected chi connectivity index (χ2v) is 9.38. The van der Waals surface area contributed by atoms with Gasteiger partial charge in [0.25, 0.3) is 0 Å². The second kappa shape index (κ2) is 7.72. The van der Waals surface area contributed by atoms with Crippen molar-refractivity contribution in [2.75, 3.05) is 23.1 Å². The van der Waals surface area contributed by atoms with Gasteiger partial charge in [-0.05, 0) is 39.0 Å². The number of nitrogens with zero attached hydrogens (tertiary/aromatic N) is 2. The van der Waals surface area contributed by atoms with Crippen LogP contribution in [-0.4, -0.2) is 52.4 Å². The molecule has 2 atom stereocenters. The molecular formula is C19H24ClN3O3S. The predicted molar refractivity (Wildman–Crippen MR) is 108 cm³/mol. The molecule has 0 bridgehead atoms. The fourth-order valence-corrected chi connectivity index (χ4v) is 4.68. The van der Waals surface area contributed by atoms with Crippen molar-refractivity contribution in [2.24, 2.45) is 5.92 Å². The Morgan fingerprint density at radius 3 is 2.70 bits per heavy atom. The number of anilines is 1. The van der Waals surface area contributed by atoms with Gasteiger partial charge in [0.1, 0.15) is 6.04 Å². The third kappa shape index (κ3) is 4.58. The summed E-state index contributed by atoms with van der Waals surface area (Å²) < 4.78 is 0. The van der Waals surface area contributed by atoms with Gasteiger partial charge in [-0.3, -0.25) is 14.4 Å². The van der Waals surface area contributed by atoms with Crippen molar-refractivity contribution in [2.45, 2.75) is 38.8 Å². The topological polar surface area (TPSA) is 69.7 Å². The summed E-state index contributed by atoms with van der Waals surface area (Å²) in [6.45, 7) is 6.06. The van der Waals surface area contributed by atoms with Crippen molar-refractivity contribution in [1.82, 2.24) is 10.2 Å². The lowest BCUT2D eigenvalue weighted by atomic mass is 10.1. The smallest absolute Gasteiger partial charge is 0.244 e. The number of hydrogen-bond acceptors (Lipinski definition) is 4. The molecule has 3 amide bonds. The van der Waals surface area contributed by atoms with Crippen molar-refractivity contribution in [3.63, 3.8) is 0 Å². The summed E-state index contributed by atoms with van der Waals surface area (Å²) in [5.74, 6) is 0.233. The van der Waals surface area contributed by atoms with Crippen molar-refractivity contribution >= 4 is 46.8 Å². The lowest BCUT2D eigenvalue weighted by Gasteiger charge is -2.29. The lowest BCUT2D eigenvalue weighted by Crippen LogP contribution is -2.53. The molecule has 2 heterocycles. The molecule has 2 saturated heterocycles. The van der Waals surface area contributed by atoms with Crippen LogP contribution in [-0.2, 0) is 14.4 Å². The largest absolute Gasteiger partial charge is 0.350 e. The number of nitrogens with one attached hydrogen (secondary N) is 1. The van der Waals surface area contributed by atoms with Gasteiger partial charge in [0.05, 0.1) is 11.8 Å². The number of benzene rings is 1. The van der Waals surface area contributed by atoms with Crippen LogP contribution in [0.2, 0.25) is 5.02 Å². The zero-order valence-electron chi connectivity index (χ0n) is 15.7. The zero-order chi connectivity index (χ0) is 19.8. The molecular weight excluding hydrogens is 386 g/mol. The van der Waals surface area contributed by atoms with Crippen LogP contribution in [0.3, 0.4) is 0 Å². The summed E-state index contributed by atoms with van der Waals surface area (Å²) in [7, 11) is 0. The van der Waals surface area contributed by atoms with Crippen LogP contribution in [0, 0.1) is 5.92 Å². The summed E-state index contributed by atoms with van der Waals surface area (Å²) in [6, 6.07) is 6.56. The van der Waals surface area contributed by atoms with E-state index < -0.39 is 12.0 Å². The monoisotopic (exact) mass is 409 g/mol. The molecule has 0 spiro atoms. The van der Waals surface area contributed by atoms with E-state index in [9.17, 15) is 14.4 Å². The molecule has 0 saturated carbocycles. The molecule has 8 heteroatoms. The van der Waals surface area contributed by atoms with Crippen molar-refractivity contribution in [3.8, 4) is 0 Å². The molecule has 0 aliphatic carbocycles. The van der Waals surface area contributed by atoms with Crippen LogP contribution in [0.4, 0.5) is 5.69 Å². The number of thioether (sulfide) groups is 1. The molecule has 0 radical (unpaired) electrons. The third-order valence-corrected chi connectivity index (χ3v) is 5.81. The Bertz CT molecular complexity index is 765. The number of halogens is 1. The van der Waals surface area contributed by atoms with Gasteiger partial charge >= 0.3 is 0 Å². The Morgan fingerprint density at radius 1 is 1.30 bits per heavy atom. The highest BCUT2D eigenvalue weighted by Gasteiger charge is 2.42. The van der Waals surface area contributed by atoms with E-state index in [-0.39, 0.29) is 29.7 Å². The highest BCUT2D eigenvalue weighted by atomic mass is 35.5. The van der Waals surface area contributed by atoms with Gasteiger partial charge in [0.15, 0.2) is 0 Å². The van der Waals surface area contributed by atoms with Gasteiger partial charge in [0, 0.05) is 35.0 Å². The number of amides is 3. The van der Waals surface area contributed by atoms with E-state index in [1.165, 1.54) is 0 Å². The summed E-state index contributed by atoms with van der Waals surface area (Å²) >= 11 is 7.58. The van der Waals surface area contributed by atoms with Gasteiger partial charge in [-0.2, -0.15) is 0 Å². The normalized spacial score (nSPS) is 23.0. The fourth-order valence-electron chi connectivity index (χ4n) is 3.33. The first kappa shape index (κ1) is 20.0. The van der Waals surface area contributed by atoms with Gasteiger partial charge < -0.3 is 15.1 Å². The van der Waals surface area contributed by atoms with E-state index in [0.29, 0.717) is 28.9 Å². The number of carbonyl (C=O) groups is 3. The van der Waals surface area contributed by atoms with Gasteiger partial charge in [0.2, 0.25) is 17.7 Å². The summed E-state index contributed by atoms with van der Waals surface area (Å²) in [6.07, 6.45) is 0.153. The lowest BCUT2D eigenvalue weighted by molar-refractivity contribution is -0.141. The minimum absolute atomic E-state index is 0.0989. The molecule has 0 aromatic heterocycles. The van der Waals surface area contributed by atoms with Crippen molar-refractivity contribution < 1.29 is 14.4 Å². The molecule has 1 N–H and O–H groups in total. The number of rotatable bonds is 3. The summed E-state index contributed by atoms with van der Waals surface area (Å²) in [4.78, 5) is 41.3. The Balaban J connectivity index is 1.70. The van der Waals surface area contributed by atoms with Crippen molar-refractivity contribution in [3.05, 3.63) is 29.3 Å². The van der Waals surface area contributed by atoms with Crippen LogP contribution in [0.15, 0.2) is 24.3 Å². The molecule has 2 fully saturated rings. The highest BCUT2D eigenvalue weighted by molar-refractivity contribution is 7.99. The van der Waals surface area contributed by atoms with E-state index in [0.717, 1.165) is 0 Å². The molecule has 6 nitrogen and oxygen atoms in total. The maximum Gasteiger partial charge on any atom is 0.244 e. The van der Waals surface area contributed by atoms with Crippen LogP contribution in [0.5, 0.6) is 0 Å². The maximum atomic E-state index is 13.0. The second-order valence-electron chi connectivity index (χ2n) is 7.95. The third-order valence-electron chi connectivity index (χ3n) is 4.56. The maximum absolute atomic E-state index is 13.0. The molecule has 27 heavy (non-hydrogen) atoms. The number of hydrogen-bond donors (Lipinski definition) is 1. The van der Waals surface area contributed by atoms with Crippen LogP contribution in [0.1, 0.15) is 27.2 Å². The van der Waals surface area contributed by atoms with E-state index >= 15 is 0 Å². The van der Waals surface area contributed by atoms with Crippen LogP contribution >= 0.6 is 23.4 Å². The summed E-state index contributed by atoms with van der Waals surface area (Å²) in [5, 5.41) is 3.49. The quantitative estimate of drug-likeness (QED) is 0.832. The number of carbonyl (C=O) groups excluding carboxylic acids is 3. The summed E-state index contributed by atoms with van der Waals surface area (Å²) in [5.41, 5.74) is 0.340. The van der Waals surface area contributed by atoms with Gasteiger partial charge in [-0.25, -0.2) is 0 Å². The molecule has 2 aliphatic heterocycles. The SMILES string of the molecule is CC(C)(C)NC(=O)C1CSCN1C(=O)C1CC(=O)N(c2cccc(Cl)c2)C1. The molecule has 2 aliphatic rings. The van der Waals surface area contributed by atoms with Gasteiger partial charge in [-0.1, -0.05) is 17.7 Å². The zero-order valence-corrected chi connectivity index (χ0v) is 17.3. The average Bonchev–Trinajstić information content (AvgIpc) is 3.19. The average molecular weight is 410 g/mol. The Morgan fingerprint density at radius 2 is 2.04 bits per heavy atom. The Kier molecular flexibility index (Phi) is 5.72. The molecule has 1 aromatic carbocycles. The predicted octanol–water partition coefficient (Wildman–Crippen LogP) is 2.51. The first-order valence-corrected chi connectivity index (χ1v) is 10.4. The van der Waals surface area contributed by atoms with Crippen LogP contribution in [0.25, 0.3) is 0 Å². The van der Waals surface area contributed by atoms with Crippen LogP contribution < -0.4 is 10.2 Å². The fraction of sp³-hybridized carbons (Fsp3) is 0.526. The molecule has 3 rings (SSSR count). The first-order valence-electron chi connectivity index (χ1n) is 8.92. The Labute approximate surface area is 168 Å². The van der Waals surface area contributed by atoms with Crippen molar-refractivity contribution in [1.29, 1.82) is 0 Å². The van der Waals surface area contributed by atoms with E-state index in [2.05, 4.69) is 5.32 Å². The molecule has 2 unspecified atom stereocenters. The Hall–Kier alpha value is -1.73. The molecule has 146 valence electrons. The van der Waals surface area contributed by atoms with E-state index in [1.807, 2.05) is 26.8 Å². The minimum Gasteiger partial charge on any atom is -0.350 e. The molecule has 1 aromatic rings. The van der Waals surface area contributed by atoms with E-state index in [4.69, 9.17) is 11.6 Å². The highest BCUT2D eigenvalue weighted by Crippen LogP contribution is 2.31. The van der Waals surface area contributed by atoms with Gasteiger partial charge in [-0.15, -0.1) is 11.8 Å².